The lowest BCUT2D eigenvalue weighted by Gasteiger charge is -2.14. The Kier molecular flexibility index (Phi) is 6.27. The molecule has 1 aliphatic heterocycles. The highest BCUT2D eigenvalue weighted by Gasteiger charge is 2.13. The van der Waals surface area contributed by atoms with Gasteiger partial charge >= 0.3 is 0 Å². The van der Waals surface area contributed by atoms with Gasteiger partial charge in [0.05, 0.1) is 19.4 Å². The molecule has 0 radical (unpaired) electrons. The molecule has 0 saturated carbocycles. The Morgan fingerprint density at radius 3 is 2.68 bits per heavy atom. The van der Waals surface area contributed by atoms with Crippen LogP contribution in [0.5, 0.6) is 11.5 Å². The summed E-state index contributed by atoms with van der Waals surface area (Å²) in [5.41, 5.74) is 2.66. The average Bonchev–Trinajstić information content (AvgIpc) is 3.41. The van der Waals surface area contributed by atoms with E-state index in [0.717, 1.165) is 28.5 Å². The van der Waals surface area contributed by atoms with E-state index in [1.807, 2.05) is 50.2 Å². The van der Waals surface area contributed by atoms with E-state index in [1.54, 1.807) is 6.26 Å². The van der Waals surface area contributed by atoms with E-state index >= 15 is 0 Å². The van der Waals surface area contributed by atoms with Crippen molar-refractivity contribution in [3.8, 4) is 11.5 Å². The van der Waals surface area contributed by atoms with Gasteiger partial charge in [-0.3, -0.25) is 5.32 Å². The van der Waals surface area contributed by atoms with Gasteiger partial charge in [-0.2, -0.15) is 0 Å². The molecule has 1 aliphatic rings. The van der Waals surface area contributed by atoms with Gasteiger partial charge in [-0.25, -0.2) is 15.0 Å². The smallest absolute Gasteiger partial charge is 0.231 e. The van der Waals surface area contributed by atoms with Gasteiger partial charge in [0.1, 0.15) is 5.76 Å². The van der Waals surface area contributed by atoms with Crippen molar-refractivity contribution in [3.63, 3.8) is 0 Å². The van der Waals surface area contributed by atoms with Gasteiger partial charge in [-0.15, -0.1) is 0 Å². The standard InChI is InChI=1S/C21H22N6O3S/c1-13-8-14(2)25-20(24-13)26-19(27-21(31)23-11-16-4-3-7-28-16)22-10-15-5-6-17-18(9-15)30-12-29-17/h3-9H,10-12H2,1-2H3,(H3,22,23,24,25,26,27,31). The second kappa shape index (κ2) is 9.43. The highest BCUT2D eigenvalue weighted by atomic mass is 32.1. The van der Waals surface area contributed by atoms with Crippen LogP contribution in [0, 0.1) is 13.8 Å². The normalized spacial score (nSPS) is 12.5. The van der Waals surface area contributed by atoms with Crippen molar-refractivity contribution in [2.24, 2.45) is 4.99 Å². The average molecular weight is 439 g/mol. The first-order valence-electron chi connectivity index (χ1n) is 9.65. The zero-order valence-electron chi connectivity index (χ0n) is 17.1. The van der Waals surface area contributed by atoms with Gasteiger partial charge in [0, 0.05) is 11.4 Å². The van der Waals surface area contributed by atoms with Crippen LogP contribution in [0.2, 0.25) is 0 Å². The van der Waals surface area contributed by atoms with E-state index in [-0.39, 0.29) is 6.79 Å². The molecule has 0 unspecified atom stereocenters. The summed E-state index contributed by atoms with van der Waals surface area (Å²) in [5.74, 6) is 3.07. The highest BCUT2D eigenvalue weighted by Crippen LogP contribution is 2.32. The molecule has 0 fully saturated rings. The lowest BCUT2D eigenvalue weighted by Crippen LogP contribution is -2.42. The van der Waals surface area contributed by atoms with Crippen molar-refractivity contribution in [2.75, 3.05) is 12.1 Å². The number of thiocarbonyl (C=S) groups is 1. The molecule has 9 nitrogen and oxygen atoms in total. The summed E-state index contributed by atoms with van der Waals surface area (Å²) >= 11 is 5.40. The summed E-state index contributed by atoms with van der Waals surface area (Å²) < 4.78 is 16.1. The number of aliphatic imine (C=N–C) groups is 1. The van der Waals surface area contributed by atoms with E-state index < -0.39 is 0 Å². The Morgan fingerprint density at radius 2 is 1.90 bits per heavy atom. The summed E-state index contributed by atoms with van der Waals surface area (Å²) in [4.78, 5) is 13.4. The lowest BCUT2D eigenvalue weighted by atomic mass is 10.2. The number of rotatable bonds is 5. The molecule has 0 amide bonds. The summed E-state index contributed by atoms with van der Waals surface area (Å²) in [6, 6.07) is 11.3. The molecular weight excluding hydrogens is 416 g/mol. The Morgan fingerprint density at radius 1 is 1.10 bits per heavy atom. The van der Waals surface area contributed by atoms with Crippen molar-refractivity contribution in [1.29, 1.82) is 0 Å². The van der Waals surface area contributed by atoms with Crippen LogP contribution in [0.4, 0.5) is 5.95 Å². The molecule has 160 valence electrons. The summed E-state index contributed by atoms with van der Waals surface area (Å²) in [6.07, 6.45) is 1.62. The molecule has 3 N–H and O–H groups in total. The number of anilines is 1. The number of guanidine groups is 1. The molecule has 0 spiro atoms. The van der Waals surface area contributed by atoms with Crippen LogP contribution < -0.4 is 25.4 Å². The molecule has 0 bridgehead atoms. The van der Waals surface area contributed by atoms with Crippen molar-refractivity contribution in [3.05, 3.63) is 65.4 Å². The molecule has 1 aromatic carbocycles. The zero-order valence-corrected chi connectivity index (χ0v) is 18.0. The minimum atomic E-state index is 0.232. The minimum Gasteiger partial charge on any atom is -0.467 e. The number of fused-ring (bicyclic) bond motifs is 1. The van der Waals surface area contributed by atoms with Crippen LogP contribution in [-0.2, 0) is 13.1 Å². The maximum absolute atomic E-state index is 5.44. The second-order valence-corrected chi connectivity index (χ2v) is 7.25. The van der Waals surface area contributed by atoms with Crippen LogP contribution >= 0.6 is 12.2 Å². The van der Waals surface area contributed by atoms with Gasteiger partial charge in [0.25, 0.3) is 0 Å². The van der Waals surface area contributed by atoms with E-state index in [2.05, 4.69) is 30.9 Å². The Hall–Kier alpha value is -3.66. The third-order valence-electron chi connectivity index (χ3n) is 4.30. The molecule has 2 aromatic heterocycles. The number of hydrogen-bond acceptors (Lipinski definition) is 7. The van der Waals surface area contributed by atoms with Crippen LogP contribution in [0.3, 0.4) is 0 Å². The summed E-state index contributed by atoms with van der Waals surface area (Å²) in [7, 11) is 0. The van der Waals surface area contributed by atoms with Crippen molar-refractivity contribution in [1.82, 2.24) is 20.6 Å². The fourth-order valence-electron chi connectivity index (χ4n) is 2.94. The number of hydrogen-bond donors (Lipinski definition) is 3. The maximum Gasteiger partial charge on any atom is 0.231 e. The van der Waals surface area contributed by atoms with Gasteiger partial charge in [-0.1, -0.05) is 6.07 Å². The monoisotopic (exact) mass is 438 g/mol. The molecule has 0 atom stereocenters. The number of nitrogens with one attached hydrogen (secondary N) is 3. The lowest BCUT2D eigenvalue weighted by molar-refractivity contribution is 0.174. The summed E-state index contributed by atoms with van der Waals surface area (Å²) in [6.45, 7) is 4.89. The van der Waals surface area contributed by atoms with Gasteiger partial charge in [-0.05, 0) is 62.0 Å². The van der Waals surface area contributed by atoms with Gasteiger partial charge in [0.15, 0.2) is 16.6 Å². The first-order valence-corrected chi connectivity index (χ1v) is 10.1. The third-order valence-corrected chi connectivity index (χ3v) is 4.55. The molecule has 0 saturated heterocycles. The van der Waals surface area contributed by atoms with Crippen LogP contribution in [0.1, 0.15) is 22.7 Å². The number of aromatic nitrogens is 2. The Balaban J connectivity index is 1.48. The zero-order chi connectivity index (χ0) is 21.6. The predicted molar refractivity (Wildman–Crippen MR) is 120 cm³/mol. The largest absolute Gasteiger partial charge is 0.467 e. The molecule has 31 heavy (non-hydrogen) atoms. The van der Waals surface area contributed by atoms with Gasteiger partial charge < -0.3 is 24.5 Å². The summed E-state index contributed by atoms with van der Waals surface area (Å²) in [5, 5.41) is 9.66. The quantitative estimate of drug-likeness (QED) is 0.315. The topological polar surface area (TPSA) is 106 Å². The molecule has 4 rings (SSSR count). The van der Waals surface area contributed by atoms with E-state index in [4.69, 9.17) is 26.1 Å². The Labute approximate surface area is 184 Å². The van der Waals surface area contributed by atoms with Crippen molar-refractivity contribution in [2.45, 2.75) is 26.9 Å². The number of aryl methyl sites for hydroxylation is 2. The molecule has 0 aliphatic carbocycles. The fourth-order valence-corrected chi connectivity index (χ4v) is 3.11. The minimum absolute atomic E-state index is 0.232. The fraction of sp³-hybridized carbons (Fsp3) is 0.238. The van der Waals surface area contributed by atoms with Crippen LogP contribution in [0.15, 0.2) is 52.1 Å². The van der Waals surface area contributed by atoms with Crippen molar-refractivity contribution >= 4 is 29.2 Å². The van der Waals surface area contributed by atoms with Crippen LogP contribution in [0.25, 0.3) is 0 Å². The molecule has 3 heterocycles. The van der Waals surface area contributed by atoms with E-state index in [1.165, 1.54) is 0 Å². The predicted octanol–water partition coefficient (Wildman–Crippen LogP) is 3.05. The number of ether oxygens (including phenoxy) is 2. The second-order valence-electron chi connectivity index (χ2n) is 6.84. The Bertz CT molecular complexity index is 1080. The third kappa shape index (κ3) is 5.70. The molecular formula is C21H22N6O3S. The SMILES string of the molecule is Cc1cc(C)nc(NC(=NCc2ccc3c(c2)OCO3)NC(=S)NCc2ccco2)n1. The number of nitrogens with zero attached hydrogens (tertiary/aromatic N) is 3. The highest BCUT2D eigenvalue weighted by molar-refractivity contribution is 7.80. The molecule has 3 aromatic rings. The number of benzene rings is 1. The van der Waals surface area contributed by atoms with Crippen LogP contribution in [-0.4, -0.2) is 27.8 Å². The first-order chi connectivity index (χ1) is 15.0. The van der Waals surface area contributed by atoms with E-state index in [9.17, 15) is 0 Å². The first kappa shape index (κ1) is 20.6. The van der Waals surface area contributed by atoms with Gasteiger partial charge in [0.2, 0.25) is 18.7 Å². The van der Waals surface area contributed by atoms with E-state index in [0.29, 0.717) is 35.9 Å². The van der Waals surface area contributed by atoms with Crippen molar-refractivity contribution < 1.29 is 13.9 Å². The maximum atomic E-state index is 5.44. The number of furan rings is 1. The molecule has 10 heteroatoms.